The molecule has 0 heterocycles. The van der Waals surface area contributed by atoms with E-state index in [1.807, 2.05) is 18.2 Å². The smallest absolute Gasteiger partial charge is 0.307 e. The number of hydrogen-bond acceptors (Lipinski definition) is 3. The van der Waals surface area contributed by atoms with E-state index in [4.69, 9.17) is 5.11 Å². The molecule has 1 aromatic rings. The van der Waals surface area contributed by atoms with Crippen molar-refractivity contribution < 1.29 is 20.1 Å². The molecule has 0 spiro atoms. The van der Waals surface area contributed by atoms with E-state index in [-0.39, 0.29) is 30.1 Å². The van der Waals surface area contributed by atoms with Gasteiger partial charge in [-0.25, -0.2) is 0 Å². The normalized spacial score (nSPS) is 30.9. The standard InChI is InChI=1S/C23H28O4/c24-21(15-4-2-1-3-5-15)9-8-17-19-12-16-7-6-14(11-23(26)27)10-18(16)20(19)13-22(17)25/h6-7,10,15,17,19-22,24-25H,1-5,11-13H2,(H,26,27)/t17-,19-,20-,21-,22-/m1/s1. The highest BCUT2D eigenvalue weighted by atomic mass is 16.4. The lowest BCUT2D eigenvalue weighted by Crippen LogP contribution is -2.23. The molecule has 144 valence electrons. The van der Waals surface area contributed by atoms with Crippen molar-refractivity contribution in [2.75, 3.05) is 0 Å². The molecule has 2 saturated carbocycles. The van der Waals surface area contributed by atoms with Gasteiger partial charge >= 0.3 is 5.97 Å². The van der Waals surface area contributed by atoms with Gasteiger partial charge in [0.1, 0.15) is 6.10 Å². The number of rotatable bonds is 3. The predicted molar refractivity (Wildman–Crippen MR) is 102 cm³/mol. The summed E-state index contributed by atoms with van der Waals surface area (Å²) < 4.78 is 0. The molecule has 0 aromatic heterocycles. The van der Waals surface area contributed by atoms with Crippen LogP contribution in [0, 0.1) is 29.6 Å². The van der Waals surface area contributed by atoms with Gasteiger partial charge < -0.3 is 15.3 Å². The van der Waals surface area contributed by atoms with Crippen LogP contribution in [0.15, 0.2) is 18.2 Å². The molecule has 0 bridgehead atoms. The Kier molecular flexibility index (Phi) is 5.25. The lowest BCUT2D eigenvalue weighted by molar-refractivity contribution is -0.136. The van der Waals surface area contributed by atoms with Gasteiger partial charge in [-0.05, 0) is 60.1 Å². The summed E-state index contributed by atoms with van der Waals surface area (Å²) in [6.45, 7) is 0. The van der Waals surface area contributed by atoms with Crippen LogP contribution >= 0.6 is 0 Å². The summed E-state index contributed by atoms with van der Waals surface area (Å²) >= 11 is 0. The topological polar surface area (TPSA) is 77.8 Å². The molecular weight excluding hydrogens is 340 g/mol. The lowest BCUT2D eigenvalue weighted by atomic mass is 9.84. The quantitative estimate of drug-likeness (QED) is 0.717. The molecule has 27 heavy (non-hydrogen) atoms. The maximum atomic E-state index is 11.0. The maximum absolute atomic E-state index is 11.0. The van der Waals surface area contributed by atoms with Crippen LogP contribution in [0.4, 0.5) is 0 Å². The fourth-order valence-electron chi connectivity index (χ4n) is 5.41. The lowest BCUT2D eigenvalue weighted by Gasteiger charge is -2.23. The van der Waals surface area contributed by atoms with E-state index in [2.05, 4.69) is 11.8 Å². The van der Waals surface area contributed by atoms with Gasteiger partial charge in [-0.1, -0.05) is 49.3 Å². The highest BCUT2D eigenvalue weighted by Gasteiger charge is 2.46. The molecule has 0 saturated heterocycles. The van der Waals surface area contributed by atoms with Gasteiger partial charge in [0.25, 0.3) is 0 Å². The van der Waals surface area contributed by atoms with Crippen LogP contribution in [0.25, 0.3) is 0 Å². The molecular formula is C23H28O4. The number of aliphatic hydroxyl groups is 2. The summed E-state index contributed by atoms with van der Waals surface area (Å²) in [5.41, 5.74) is 3.26. The molecule has 0 unspecified atom stereocenters. The second-order valence-corrected chi connectivity index (χ2v) is 8.54. The molecule has 2 fully saturated rings. The van der Waals surface area contributed by atoms with E-state index in [0.717, 1.165) is 24.8 Å². The Morgan fingerprint density at radius 2 is 2.00 bits per heavy atom. The van der Waals surface area contributed by atoms with Crippen molar-refractivity contribution in [1.82, 2.24) is 0 Å². The van der Waals surface area contributed by atoms with Crippen molar-refractivity contribution in [3.05, 3.63) is 34.9 Å². The van der Waals surface area contributed by atoms with Crippen LogP contribution < -0.4 is 0 Å². The van der Waals surface area contributed by atoms with Crippen LogP contribution in [-0.2, 0) is 17.6 Å². The molecule has 3 N–H and O–H groups in total. The minimum Gasteiger partial charge on any atom is -0.481 e. The largest absolute Gasteiger partial charge is 0.481 e. The average Bonchev–Trinajstić information content (AvgIpc) is 3.15. The molecule has 3 aliphatic carbocycles. The molecule has 4 heteroatoms. The third kappa shape index (κ3) is 3.77. The summed E-state index contributed by atoms with van der Waals surface area (Å²) in [6, 6.07) is 5.95. The number of aliphatic carboxylic acids is 1. The molecule has 0 radical (unpaired) electrons. The first-order chi connectivity index (χ1) is 13.0. The molecule has 0 amide bonds. The second-order valence-electron chi connectivity index (χ2n) is 8.54. The number of carbonyl (C=O) groups is 1. The van der Waals surface area contributed by atoms with Gasteiger partial charge in [-0.15, -0.1) is 0 Å². The Bertz CT molecular complexity index is 768. The summed E-state index contributed by atoms with van der Waals surface area (Å²) in [5, 5.41) is 30.1. The number of hydrogen-bond donors (Lipinski definition) is 3. The predicted octanol–water partition coefficient (Wildman–Crippen LogP) is 2.90. The van der Waals surface area contributed by atoms with E-state index in [9.17, 15) is 15.0 Å². The van der Waals surface area contributed by atoms with E-state index in [1.54, 1.807) is 0 Å². The number of fused-ring (bicyclic) bond motifs is 3. The Hall–Kier alpha value is -1.83. The number of carboxylic acid groups (broad SMARTS) is 1. The Morgan fingerprint density at radius 3 is 2.74 bits per heavy atom. The van der Waals surface area contributed by atoms with Crippen LogP contribution in [0.3, 0.4) is 0 Å². The van der Waals surface area contributed by atoms with Crippen molar-refractivity contribution in [3.8, 4) is 11.8 Å². The highest BCUT2D eigenvalue weighted by molar-refractivity contribution is 5.70. The summed E-state index contributed by atoms with van der Waals surface area (Å²) in [6.07, 6.45) is 6.23. The monoisotopic (exact) mass is 368 g/mol. The average molecular weight is 368 g/mol. The maximum Gasteiger partial charge on any atom is 0.307 e. The van der Waals surface area contributed by atoms with Crippen LogP contribution in [0.1, 0.15) is 61.1 Å². The fourth-order valence-corrected chi connectivity index (χ4v) is 5.41. The van der Waals surface area contributed by atoms with Crippen LogP contribution in [0.2, 0.25) is 0 Å². The Labute approximate surface area is 160 Å². The van der Waals surface area contributed by atoms with Crippen molar-refractivity contribution in [2.45, 2.75) is 69.5 Å². The number of benzene rings is 1. The second kappa shape index (κ2) is 7.66. The number of aliphatic hydroxyl groups excluding tert-OH is 2. The Morgan fingerprint density at radius 1 is 1.22 bits per heavy atom. The van der Waals surface area contributed by atoms with Crippen molar-refractivity contribution in [2.24, 2.45) is 17.8 Å². The van der Waals surface area contributed by atoms with Gasteiger partial charge in [-0.2, -0.15) is 0 Å². The highest BCUT2D eigenvalue weighted by Crippen LogP contribution is 2.51. The zero-order valence-corrected chi connectivity index (χ0v) is 15.6. The molecule has 5 atom stereocenters. The van der Waals surface area contributed by atoms with E-state index in [0.29, 0.717) is 6.42 Å². The molecule has 3 aliphatic rings. The zero-order chi connectivity index (χ0) is 19.0. The van der Waals surface area contributed by atoms with Gasteiger partial charge in [0, 0.05) is 0 Å². The molecule has 4 nitrogen and oxygen atoms in total. The van der Waals surface area contributed by atoms with Crippen molar-refractivity contribution in [3.63, 3.8) is 0 Å². The van der Waals surface area contributed by atoms with Gasteiger partial charge in [0.05, 0.1) is 18.4 Å². The van der Waals surface area contributed by atoms with E-state index >= 15 is 0 Å². The molecule has 1 aromatic carbocycles. The minimum absolute atomic E-state index is 0.0318. The third-order valence-corrected chi connectivity index (χ3v) is 6.80. The van der Waals surface area contributed by atoms with Crippen molar-refractivity contribution in [1.29, 1.82) is 0 Å². The zero-order valence-electron chi connectivity index (χ0n) is 15.6. The third-order valence-electron chi connectivity index (χ3n) is 6.80. The van der Waals surface area contributed by atoms with Gasteiger partial charge in [-0.3, -0.25) is 4.79 Å². The SMILES string of the molecule is O=C(O)Cc1ccc2c(c1)[C@H]1C[C@@H](O)[C@H](C#C[C@@H](O)C3CCCCC3)[C@H]1C2. The first-order valence-electron chi connectivity index (χ1n) is 10.2. The van der Waals surface area contributed by atoms with E-state index in [1.165, 1.54) is 30.4 Å². The summed E-state index contributed by atoms with van der Waals surface area (Å²) in [7, 11) is 0. The van der Waals surface area contributed by atoms with Gasteiger partial charge in [0.15, 0.2) is 0 Å². The summed E-state index contributed by atoms with van der Waals surface area (Å²) in [5.74, 6) is 6.16. The van der Waals surface area contributed by atoms with E-state index < -0.39 is 18.2 Å². The minimum atomic E-state index is -0.823. The first kappa shape index (κ1) is 18.5. The Balaban J connectivity index is 1.49. The van der Waals surface area contributed by atoms with Crippen LogP contribution in [-0.4, -0.2) is 33.5 Å². The summed E-state index contributed by atoms with van der Waals surface area (Å²) in [4.78, 5) is 11.0. The van der Waals surface area contributed by atoms with Gasteiger partial charge in [0.2, 0.25) is 0 Å². The fraction of sp³-hybridized carbons (Fsp3) is 0.609. The molecule has 4 rings (SSSR count). The van der Waals surface area contributed by atoms with Crippen molar-refractivity contribution >= 4 is 5.97 Å². The van der Waals surface area contributed by atoms with Crippen LogP contribution in [0.5, 0.6) is 0 Å². The number of carboxylic acids is 1. The first-order valence-corrected chi connectivity index (χ1v) is 10.2. The molecule has 0 aliphatic heterocycles.